The Balaban J connectivity index is 2.23. The van der Waals surface area contributed by atoms with Crippen LogP contribution in [0.1, 0.15) is 10.4 Å². The second kappa shape index (κ2) is 6.73. The van der Waals surface area contributed by atoms with Gasteiger partial charge in [-0.15, -0.1) is 11.6 Å². The van der Waals surface area contributed by atoms with Gasteiger partial charge < -0.3 is 14.4 Å². The van der Waals surface area contributed by atoms with Crippen molar-refractivity contribution in [2.45, 2.75) is 6.10 Å². The molecule has 1 fully saturated rings. The molecular formula is C13H15ClN2O5. The zero-order valence-electron chi connectivity index (χ0n) is 11.5. The van der Waals surface area contributed by atoms with Gasteiger partial charge in [-0.25, -0.2) is 0 Å². The van der Waals surface area contributed by atoms with Crippen molar-refractivity contribution >= 4 is 23.2 Å². The molecule has 1 saturated heterocycles. The van der Waals surface area contributed by atoms with E-state index < -0.39 is 4.92 Å². The molecule has 0 aliphatic carbocycles. The Morgan fingerprint density at radius 3 is 3.00 bits per heavy atom. The van der Waals surface area contributed by atoms with Crippen LogP contribution in [0.25, 0.3) is 0 Å². The first-order chi connectivity index (χ1) is 10.1. The minimum absolute atomic E-state index is 0.122. The van der Waals surface area contributed by atoms with Gasteiger partial charge in [-0.2, -0.15) is 0 Å². The van der Waals surface area contributed by atoms with Crippen LogP contribution < -0.4 is 4.74 Å². The van der Waals surface area contributed by atoms with E-state index in [0.717, 1.165) is 0 Å². The lowest BCUT2D eigenvalue weighted by molar-refractivity contribution is -0.385. The van der Waals surface area contributed by atoms with E-state index in [1.807, 2.05) is 0 Å². The molecule has 1 atom stereocenters. The standard InChI is InChI=1S/C13H15ClN2O5/c1-20-12-3-2-9(6-11(12)16(18)19)13(17)15-4-5-21-10(7-14)8-15/h2-3,6,10H,4-5,7-8H2,1H3. The number of carbonyl (C=O) groups excluding carboxylic acids is 1. The van der Waals surface area contributed by atoms with Crippen molar-refractivity contribution in [1.29, 1.82) is 0 Å². The van der Waals surface area contributed by atoms with Crippen molar-refractivity contribution in [2.75, 3.05) is 32.7 Å². The summed E-state index contributed by atoms with van der Waals surface area (Å²) in [5.74, 6) is 0.142. The molecule has 21 heavy (non-hydrogen) atoms. The number of rotatable bonds is 4. The smallest absolute Gasteiger partial charge is 0.311 e. The maximum atomic E-state index is 12.4. The maximum Gasteiger partial charge on any atom is 0.311 e. The van der Waals surface area contributed by atoms with Crippen LogP contribution >= 0.6 is 11.6 Å². The molecule has 0 bridgehead atoms. The number of ether oxygens (including phenoxy) is 2. The normalized spacial score (nSPS) is 18.4. The minimum atomic E-state index is -0.573. The molecule has 2 rings (SSSR count). The molecule has 1 aromatic rings. The SMILES string of the molecule is COc1ccc(C(=O)N2CCOC(CCl)C2)cc1[N+](=O)[O-]. The number of halogens is 1. The summed E-state index contributed by atoms with van der Waals surface area (Å²) in [7, 11) is 1.34. The number of alkyl halides is 1. The zero-order chi connectivity index (χ0) is 15.4. The average molecular weight is 315 g/mol. The molecule has 0 saturated carbocycles. The lowest BCUT2D eigenvalue weighted by Crippen LogP contribution is -2.46. The van der Waals surface area contributed by atoms with Crippen LogP contribution in [0.15, 0.2) is 18.2 Å². The van der Waals surface area contributed by atoms with Gasteiger partial charge in [-0.1, -0.05) is 0 Å². The fourth-order valence-electron chi connectivity index (χ4n) is 2.15. The van der Waals surface area contributed by atoms with Crippen molar-refractivity contribution in [3.05, 3.63) is 33.9 Å². The van der Waals surface area contributed by atoms with Gasteiger partial charge in [0.1, 0.15) is 0 Å². The molecule has 1 aliphatic rings. The van der Waals surface area contributed by atoms with Crippen molar-refractivity contribution < 1.29 is 19.2 Å². The van der Waals surface area contributed by atoms with Crippen LogP contribution in [0.4, 0.5) is 5.69 Å². The first-order valence-corrected chi connectivity index (χ1v) is 6.89. The number of methoxy groups -OCH3 is 1. The monoisotopic (exact) mass is 314 g/mol. The number of nitro benzene ring substituents is 1. The summed E-state index contributed by atoms with van der Waals surface area (Å²) in [4.78, 5) is 24.4. The molecular weight excluding hydrogens is 300 g/mol. The first kappa shape index (κ1) is 15.5. The lowest BCUT2D eigenvalue weighted by atomic mass is 10.1. The number of amides is 1. The van der Waals surface area contributed by atoms with Crippen molar-refractivity contribution in [3.8, 4) is 5.75 Å². The summed E-state index contributed by atoms with van der Waals surface area (Å²) >= 11 is 5.73. The summed E-state index contributed by atoms with van der Waals surface area (Å²) in [5.41, 5.74) is 0.0169. The number of carbonyl (C=O) groups is 1. The van der Waals surface area contributed by atoms with Crippen LogP contribution in [0, 0.1) is 10.1 Å². The van der Waals surface area contributed by atoms with Gasteiger partial charge in [0.15, 0.2) is 5.75 Å². The fraction of sp³-hybridized carbons (Fsp3) is 0.462. The topological polar surface area (TPSA) is 81.9 Å². The highest BCUT2D eigenvalue weighted by Crippen LogP contribution is 2.28. The van der Waals surface area contributed by atoms with E-state index in [9.17, 15) is 14.9 Å². The highest BCUT2D eigenvalue weighted by atomic mass is 35.5. The Kier molecular flexibility index (Phi) is 4.98. The average Bonchev–Trinajstić information content (AvgIpc) is 2.53. The predicted octanol–water partition coefficient (Wildman–Crippen LogP) is 1.68. The van der Waals surface area contributed by atoms with Crippen molar-refractivity contribution in [3.63, 3.8) is 0 Å². The first-order valence-electron chi connectivity index (χ1n) is 6.36. The minimum Gasteiger partial charge on any atom is -0.490 e. The summed E-state index contributed by atoms with van der Waals surface area (Å²) in [5, 5.41) is 11.0. The van der Waals surface area contributed by atoms with E-state index in [2.05, 4.69) is 0 Å². The van der Waals surface area contributed by atoms with Crippen LogP contribution in [-0.4, -0.2) is 54.5 Å². The van der Waals surface area contributed by atoms with Crippen LogP contribution in [-0.2, 0) is 4.74 Å². The van der Waals surface area contributed by atoms with E-state index in [0.29, 0.717) is 25.6 Å². The van der Waals surface area contributed by atoms with Gasteiger partial charge in [-0.3, -0.25) is 14.9 Å². The summed E-state index contributed by atoms with van der Waals surface area (Å²) in [6.07, 6.45) is -0.211. The van der Waals surface area contributed by atoms with Crippen molar-refractivity contribution in [2.24, 2.45) is 0 Å². The Labute approximate surface area is 126 Å². The third kappa shape index (κ3) is 3.43. The van der Waals surface area contributed by atoms with E-state index in [1.165, 1.54) is 25.3 Å². The molecule has 7 nitrogen and oxygen atoms in total. The molecule has 114 valence electrons. The van der Waals surface area contributed by atoms with Crippen LogP contribution in [0.5, 0.6) is 5.75 Å². The Morgan fingerprint density at radius 1 is 1.62 bits per heavy atom. The zero-order valence-corrected chi connectivity index (χ0v) is 12.2. The second-order valence-corrected chi connectivity index (χ2v) is 4.85. The second-order valence-electron chi connectivity index (χ2n) is 4.54. The molecule has 8 heteroatoms. The lowest BCUT2D eigenvalue weighted by Gasteiger charge is -2.32. The molecule has 1 heterocycles. The molecule has 0 N–H and O–H groups in total. The van der Waals surface area contributed by atoms with Gasteiger partial charge in [0, 0.05) is 24.7 Å². The van der Waals surface area contributed by atoms with Gasteiger partial charge in [0.05, 0.1) is 30.6 Å². The number of hydrogen-bond donors (Lipinski definition) is 0. The molecule has 1 aliphatic heterocycles. The molecule has 1 amide bonds. The molecule has 0 aromatic heterocycles. The molecule has 1 unspecified atom stereocenters. The van der Waals surface area contributed by atoms with Crippen LogP contribution in [0.3, 0.4) is 0 Å². The Hall–Kier alpha value is -1.86. The number of benzene rings is 1. The van der Waals surface area contributed by atoms with Gasteiger partial charge in [0.2, 0.25) is 0 Å². The van der Waals surface area contributed by atoms with Gasteiger partial charge in [-0.05, 0) is 12.1 Å². The van der Waals surface area contributed by atoms with Gasteiger partial charge in [0.25, 0.3) is 5.91 Å². The van der Waals surface area contributed by atoms with E-state index in [-0.39, 0.29) is 29.0 Å². The fourth-order valence-corrected chi connectivity index (χ4v) is 2.33. The summed E-state index contributed by atoms with van der Waals surface area (Å²) in [6.45, 7) is 1.22. The largest absolute Gasteiger partial charge is 0.490 e. The van der Waals surface area contributed by atoms with Crippen LogP contribution in [0.2, 0.25) is 0 Å². The van der Waals surface area contributed by atoms with E-state index >= 15 is 0 Å². The highest BCUT2D eigenvalue weighted by Gasteiger charge is 2.26. The Bertz CT molecular complexity index is 551. The third-order valence-electron chi connectivity index (χ3n) is 3.22. The molecule has 0 spiro atoms. The quantitative estimate of drug-likeness (QED) is 0.480. The maximum absolute atomic E-state index is 12.4. The number of nitro groups is 1. The Morgan fingerprint density at radius 2 is 2.38 bits per heavy atom. The number of nitrogens with zero attached hydrogens (tertiary/aromatic N) is 2. The summed E-state index contributed by atoms with van der Waals surface area (Å²) in [6, 6.07) is 4.16. The predicted molar refractivity (Wildman–Crippen MR) is 76.0 cm³/mol. The van der Waals surface area contributed by atoms with Gasteiger partial charge >= 0.3 is 5.69 Å². The molecule has 0 radical (unpaired) electrons. The van der Waals surface area contributed by atoms with Crippen molar-refractivity contribution in [1.82, 2.24) is 4.90 Å². The summed E-state index contributed by atoms with van der Waals surface area (Å²) < 4.78 is 10.3. The van der Waals surface area contributed by atoms with E-state index in [4.69, 9.17) is 21.1 Å². The number of morpholine rings is 1. The third-order valence-corrected chi connectivity index (χ3v) is 3.56. The number of hydrogen-bond acceptors (Lipinski definition) is 5. The highest BCUT2D eigenvalue weighted by molar-refractivity contribution is 6.18. The molecule has 1 aromatic carbocycles. The van der Waals surface area contributed by atoms with E-state index in [1.54, 1.807) is 4.90 Å².